The summed E-state index contributed by atoms with van der Waals surface area (Å²) in [5.41, 5.74) is 11.3. The van der Waals surface area contributed by atoms with Crippen molar-refractivity contribution in [2.75, 3.05) is 38.8 Å². The molecule has 2 heterocycles. The summed E-state index contributed by atoms with van der Waals surface area (Å²) in [5.74, 6) is 0.229. The van der Waals surface area contributed by atoms with E-state index >= 15 is 0 Å². The van der Waals surface area contributed by atoms with Crippen LogP contribution in [0.1, 0.15) is 12.8 Å². The highest BCUT2D eigenvalue weighted by molar-refractivity contribution is 7.89. The molecule has 0 aromatic heterocycles. The lowest BCUT2D eigenvalue weighted by molar-refractivity contribution is -0.126. The minimum Gasteiger partial charge on any atom is -0.456 e. The molecule has 0 saturated carbocycles. The van der Waals surface area contributed by atoms with E-state index in [2.05, 4.69) is 14.8 Å². The summed E-state index contributed by atoms with van der Waals surface area (Å²) in [5, 5.41) is 4.39. The predicted octanol–water partition coefficient (Wildman–Crippen LogP) is 6.14. The molecule has 0 radical (unpaired) electrons. The van der Waals surface area contributed by atoms with Crippen molar-refractivity contribution in [1.82, 2.24) is 14.2 Å². The molecule has 1 aliphatic carbocycles. The molecule has 50 heavy (non-hydrogen) atoms. The van der Waals surface area contributed by atoms with Gasteiger partial charge in [0.1, 0.15) is 18.4 Å². The SMILES string of the molecule is CN(c1ccccc1)c1ccc2c(-c3ccccc3S(=O)(=O)N3CCC(C(=O)NCN)CC3)c3ccc(=[N+](C)c4ccccc4)cc-3oc2c1. The van der Waals surface area contributed by atoms with E-state index in [9.17, 15) is 13.2 Å². The Bertz CT molecular complexity index is 2320. The summed E-state index contributed by atoms with van der Waals surface area (Å²) in [6.07, 6.45) is 0.859. The Labute approximate surface area is 292 Å². The number of rotatable bonds is 8. The number of carbonyl (C=O) groups is 1. The number of benzene rings is 5. The highest BCUT2D eigenvalue weighted by atomic mass is 32.2. The van der Waals surface area contributed by atoms with Gasteiger partial charge >= 0.3 is 0 Å². The zero-order valence-corrected chi connectivity index (χ0v) is 28.9. The van der Waals surface area contributed by atoms with Gasteiger partial charge in [0, 0.05) is 83.8 Å². The molecule has 1 saturated heterocycles. The van der Waals surface area contributed by atoms with Crippen LogP contribution < -0.4 is 25.9 Å². The molecule has 7 rings (SSSR count). The van der Waals surface area contributed by atoms with Crippen molar-refractivity contribution in [3.63, 3.8) is 0 Å². The Kier molecular flexibility index (Phi) is 9.24. The Morgan fingerprint density at radius 2 is 1.54 bits per heavy atom. The molecule has 9 nitrogen and oxygen atoms in total. The van der Waals surface area contributed by atoms with Crippen LogP contribution in [0.2, 0.25) is 0 Å². The van der Waals surface area contributed by atoms with Gasteiger partial charge in [-0.25, -0.2) is 8.42 Å². The fraction of sp³-hybridized carbons (Fsp3) is 0.200. The van der Waals surface area contributed by atoms with Gasteiger partial charge in [0.2, 0.25) is 27.0 Å². The standard InChI is InChI=1S/C40H39N5O4S/c1-43(29-11-5-3-6-12-29)31-17-19-33-36(25-31)49-37-26-32(44(2)30-13-7-4-8-14-30)18-20-34(37)39(33)35-15-9-10-16-38(35)50(47,48)45-23-21-28(22-24-45)40(46)42-27-41/h3-20,25-26,28H,21-24,27,41H2,1-2H3/p+1. The highest BCUT2D eigenvalue weighted by Gasteiger charge is 2.34. The number of amides is 1. The third-order valence-electron chi connectivity index (χ3n) is 9.63. The summed E-state index contributed by atoms with van der Waals surface area (Å²) < 4.78 is 39.1. The first-order chi connectivity index (χ1) is 24.3. The van der Waals surface area contributed by atoms with Crippen LogP contribution in [-0.4, -0.2) is 52.5 Å². The molecule has 4 aromatic carbocycles. The van der Waals surface area contributed by atoms with Crippen molar-refractivity contribution in [3.8, 4) is 22.5 Å². The topological polar surface area (TPSA) is 112 Å². The van der Waals surface area contributed by atoms with Crippen molar-refractivity contribution >= 4 is 44.0 Å². The number of nitrogens with one attached hydrogen (secondary N) is 1. The number of para-hydroxylation sites is 2. The van der Waals surface area contributed by atoms with E-state index in [0.29, 0.717) is 29.7 Å². The molecule has 0 atom stereocenters. The molecule has 10 heteroatoms. The summed E-state index contributed by atoms with van der Waals surface area (Å²) in [4.78, 5) is 14.7. The average Bonchev–Trinajstić information content (AvgIpc) is 3.16. The third kappa shape index (κ3) is 6.29. The molecule has 0 unspecified atom stereocenters. The smallest absolute Gasteiger partial charge is 0.243 e. The van der Waals surface area contributed by atoms with E-state index in [1.165, 1.54) is 4.31 Å². The zero-order valence-electron chi connectivity index (χ0n) is 28.1. The van der Waals surface area contributed by atoms with Crippen molar-refractivity contribution in [3.05, 3.63) is 127 Å². The number of carbonyl (C=O) groups excluding carboxylic acids is 1. The Morgan fingerprint density at radius 1 is 0.860 bits per heavy atom. The van der Waals surface area contributed by atoms with Gasteiger partial charge in [0.15, 0.2) is 0 Å². The van der Waals surface area contributed by atoms with Crippen LogP contribution in [-0.2, 0) is 14.8 Å². The van der Waals surface area contributed by atoms with Gasteiger partial charge in [0.05, 0.1) is 17.6 Å². The van der Waals surface area contributed by atoms with Gasteiger partial charge in [-0.15, -0.1) is 0 Å². The summed E-state index contributed by atoms with van der Waals surface area (Å²) in [6, 6.07) is 39.5. The van der Waals surface area contributed by atoms with E-state index in [4.69, 9.17) is 10.2 Å². The van der Waals surface area contributed by atoms with Crippen LogP contribution in [0.5, 0.6) is 0 Å². The van der Waals surface area contributed by atoms with Gasteiger partial charge in [0.25, 0.3) is 0 Å². The summed E-state index contributed by atoms with van der Waals surface area (Å²) in [6.45, 7) is 0.550. The lowest BCUT2D eigenvalue weighted by Crippen LogP contribution is -2.44. The van der Waals surface area contributed by atoms with Crippen molar-refractivity contribution in [2.45, 2.75) is 17.7 Å². The second kappa shape index (κ2) is 13.9. The number of hydrogen-bond donors (Lipinski definition) is 2. The second-order valence-corrected chi connectivity index (χ2v) is 14.5. The van der Waals surface area contributed by atoms with Crippen LogP contribution in [0.3, 0.4) is 0 Å². The number of nitrogens with zero attached hydrogens (tertiary/aromatic N) is 3. The second-order valence-electron chi connectivity index (χ2n) is 12.5. The molecule has 2 aliphatic heterocycles. The molecular weight excluding hydrogens is 647 g/mol. The van der Waals surface area contributed by atoms with Crippen LogP contribution >= 0.6 is 0 Å². The maximum Gasteiger partial charge on any atom is 0.243 e. The van der Waals surface area contributed by atoms with Crippen LogP contribution in [0.4, 0.5) is 17.1 Å². The average molecular weight is 687 g/mol. The molecule has 0 spiro atoms. The van der Waals surface area contributed by atoms with Crippen molar-refractivity contribution in [1.29, 1.82) is 0 Å². The maximum absolute atomic E-state index is 14.4. The Balaban J connectivity index is 1.40. The molecule has 3 aliphatic rings. The van der Waals surface area contributed by atoms with E-state index in [1.807, 2.05) is 123 Å². The van der Waals surface area contributed by atoms with Crippen LogP contribution in [0.25, 0.3) is 33.4 Å². The van der Waals surface area contributed by atoms with Gasteiger partial charge in [-0.1, -0.05) is 54.6 Å². The first-order valence-corrected chi connectivity index (χ1v) is 18.2. The van der Waals surface area contributed by atoms with Gasteiger partial charge < -0.3 is 20.4 Å². The van der Waals surface area contributed by atoms with E-state index in [-0.39, 0.29) is 36.5 Å². The first-order valence-electron chi connectivity index (χ1n) is 16.7. The molecule has 0 bridgehead atoms. The normalized spacial score (nSPS) is 14.9. The van der Waals surface area contributed by atoms with Crippen molar-refractivity contribution in [2.24, 2.45) is 11.7 Å². The quantitative estimate of drug-likeness (QED) is 0.113. The zero-order chi connectivity index (χ0) is 34.8. The van der Waals surface area contributed by atoms with Crippen molar-refractivity contribution < 1.29 is 17.6 Å². The highest BCUT2D eigenvalue weighted by Crippen LogP contribution is 2.44. The first kappa shape index (κ1) is 33.2. The molecule has 3 N–H and O–H groups in total. The Hall–Kier alpha value is -5.29. The number of nitrogens with two attached hydrogens (primary N) is 1. The lowest BCUT2D eigenvalue weighted by atomic mass is 9.93. The fourth-order valence-corrected chi connectivity index (χ4v) is 8.49. The molecule has 4 aromatic rings. The van der Waals surface area contributed by atoms with Gasteiger partial charge in [-0.3, -0.25) is 4.79 Å². The number of piperidine rings is 1. The maximum atomic E-state index is 14.4. The summed E-state index contributed by atoms with van der Waals surface area (Å²) >= 11 is 0. The lowest BCUT2D eigenvalue weighted by Gasteiger charge is -2.31. The van der Waals surface area contributed by atoms with Gasteiger partial charge in [-0.05, 0) is 49.2 Å². The third-order valence-corrected chi connectivity index (χ3v) is 11.6. The Morgan fingerprint density at radius 3 is 2.26 bits per heavy atom. The number of anilines is 2. The van der Waals surface area contributed by atoms with E-state index < -0.39 is 10.0 Å². The van der Waals surface area contributed by atoms with E-state index in [0.717, 1.165) is 38.9 Å². The number of sulfonamides is 1. The largest absolute Gasteiger partial charge is 0.456 e. The number of fused-ring (bicyclic) bond motifs is 2. The molecular formula is C40H40N5O4S+. The molecule has 254 valence electrons. The minimum atomic E-state index is -3.92. The predicted molar refractivity (Wildman–Crippen MR) is 199 cm³/mol. The minimum absolute atomic E-state index is 0.0596. The number of hydrogen-bond acceptors (Lipinski definition) is 6. The fourth-order valence-electron chi connectivity index (χ4n) is 6.82. The monoisotopic (exact) mass is 686 g/mol. The van der Waals surface area contributed by atoms with Gasteiger partial charge in [-0.2, -0.15) is 8.88 Å². The van der Waals surface area contributed by atoms with Crippen LogP contribution in [0.15, 0.2) is 131 Å². The summed E-state index contributed by atoms with van der Waals surface area (Å²) in [7, 11) is 0.0951. The molecule has 1 fully saturated rings. The van der Waals surface area contributed by atoms with E-state index in [1.54, 1.807) is 12.1 Å². The molecule has 1 amide bonds. The van der Waals surface area contributed by atoms with Crippen LogP contribution in [0, 0.1) is 5.92 Å².